The summed E-state index contributed by atoms with van der Waals surface area (Å²) in [7, 11) is 1.76. The smallest absolute Gasteiger partial charge is 0.244 e. The Labute approximate surface area is 156 Å². The van der Waals surface area contributed by atoms with Crippen LogP contribution < -0.4 is 10.8 Å². The maximum Gasteiger partial charge on any atom is 0.244 e. The average Bonchev–Trinajstić information content (AvgIpc) is 2.64. The highest BCUT2D eigenvalue weighted by Gasteiger charge is 2.28. The lowest BCUT2D eigenvalue weighted by Gasteiger charge is -2.26. The zero-order valence-electron chi connectivity index (χ0n) is 16.0. The first-order valence-corrected chi connectivity index (χ1v) is 9.62. The largest absolute Gasteiger partial charge is 0.344 e. The van der Waals surface area contributed by atoms with Crippen LogP contribution in [0, 0.1) is 5.92 Å². The molecule has 0 spiro atoms. The van der Waals surface area contributed by atoms with Crippen molar-refractivity contribution in [3.63, 3.8) is 0 Å². The van der Waals surface area contributed by atoms with E-state index in [0.29, 0.717) is 19.4 Å². The Morgan fingerprint density at radius 3 is 2.65 bits per heavy atom. The molecule has 1 aliphatic rings. The van der Waals surface area contributed by atoms with E-state index in [0.717, 1.165) is 38.5 Å². The van der Waals surface area contributed by atoms with Crippen molar-refractivity contribution in [2.45, 2.75) is 70.8 Å². The number of nitrogens with one attached hydrogen (secondary N) is 2. The molecule has 0 aromatic rings. The molecule has 0 saturated heterocycles. The lowest BCUT2D eigenvalue weighted by Crippen LogP contribution is -2.49. The fourth-order valence-corrected chi connectivity index (χ4v) is 3.09. The molecule has 0 aliphatic carbocycles. The maximum absolute atomic E-state index is 12.7. The van der Waals surface area contributed by atoms with Gasteiger partial charge in [-0.2, -0.15) is 0 Å². The van der Waals surface area contributed by atoms with Crippen molar-refractivity contribution < 1.29 is 19.6 Å². The highest BCUT2D eigenvalue weighted by Crippen LogP contribution is 2.16. The monoisotopic (exact) mass is 367 g/mol. The van der Waals surface area contributed by atoms with Gasteiger partial charge in [-0.1, -0.05) is 31.9 Å². The van der Waals surface area contributed by atoms with Crippen LogP contribution in [0.3, 0.4) is 0 Å². The van der Waals surface area contributed by atoms with Crippen LogP contribution in [-0.2, 0) is 14.4 Å². The molecule has 1 aliphatic heterocycles. The van der Waals surface area contributed by atoms with E-state index in [4.69, 9.17) is 5.21 Å². The predicted octanol–water partition coefficient (Wildman–Crippen LogP) is 2.15. The van der Waals surface area contributed by atoms with Crippen molar-refractivity contribution in [3.8, 4) is 0 Å². The topological polar surface area (TPSA) is 98.7 Å². The van der Waals surface area contributed by atoms with Gasteiger partial charge in [0.15, 0.2) is 0 Å². The molecule has 2 atom stereocenters. The second-order valence-electron chi connectivity index (χ2n) is 6.94. The average molecular weight is 367 g/mol. The summed E-state index contributed by atoms with van der Waals surface area (Å²) in [6, 6.07) is -0.564. The first-order chi connectivity index (χ1) is 12.5. The number of carbonyl (C=O) groups is 3. The third-order valence-corrected chi connectivity index (χ3v) is 4.72. The van der Waals surface area contributed by atoms with Gasteiger partial charge in [-0.3, -0.25) is 19.6 Å². The minimum Gasteiger partial charge on any atom is -0.344 e. The SMILES string of the molecule is CCCC[C@@H]1NC(=O)[C@@H](CC(=O)NO)CCC/C=C/CCCN(C)C1=O. The number of hydrogen-bond donors (Lipinski definition) is 3. The van der Waals surface area contributed by atoms with Crippen molar-refractivity contribution in [3.05, 3.63) is 12.2 Å². The highest BCUT2D eigenvalue weighted by molar-refractivity contribution is 5.90. The number of allylic oxidation sites excluding steroid dienone is 2. The van der Waals surface area contributed by atoms with Crippen LogP contribution in [0.1, 0.15) is 64.7 Å². The standard InChI is InChI=1S/C19H33N3O4/c1-3-4-12-16-19(25)22(2)13-10-8-6-5-7-9-11-15(18(24)20-16)14-17(23)21-26/h5-6,15-16,26H,3-4,7-14H2,1-2H3,(H,20,24)(H,21,23)/b6-5+/t15-,16+/m1/s1. The molecule has 7 heteroatoms. The van der Waals surface area contributed by atoms with E-state index in [1.807, 2.05) is 6.92 Å². The van der Waals surface area contributed by atoms with Gasteiger partial charge in [0.05, 0.1) is 0 Å². The molecule has 0 radical (unpaired) electrons. The fourth-order valence-electron chi connectivity index (χ4n) is 3.09. The quantitative estimate of drug-likeness (QED) is 0.394. The van der Waals surface area contributed by atoms with Gasteiger partial charge in [0.2, 0.25) is 17.7 Å². The zero-order valence-corrected chi connectivity index (χ0v) is 16.0. The fraction of sp³-hybridized carbons (Fsp3) is 0.737. The van der Waals surface area contributed by atoms with Gasteiger partial charge in [0, 0.05) is 25.9 Å². The van der Waals surface area contributed by atoms with Crippen LogP contribution in [0.4, 0.5) is 0 Å². The number of amides is 3. The minimum atomic E-state index is -0.588. The summed E-state index contributed by atoms with van der Waals surface area (Å²) in [6.07, 6.45) is 10.4. The lowest BCUT2D eigenvalue weighted by molar-refractivity contribution is -0.138. The van der Waals surface area contributed by atoms with E-state index in [2.05, 4.69) is 17.5 Å². The third kappa shape index (κ3) is 7.99. The van der Waals surface area contributed by atoms with Crippen molar-refractivity contribution >= 4 is 17.7 Å². The Morgan fingerprint density at radius 2 is 2.00 bits per heavy atom. The van der Waals surface area contributed by atoms with E-state index >= 15 is 0 Å². The van der Waals surface area contributed by atoms with E-state index in [9.17, 15) is 14.4 Å². The van der Waals surface area contributed by atoms with Crippen LogP contribution in [0.5, 0.6) is 0 Å². The van der Waals surface area contributed by atoms with E-state index in [1.165, 1.54) is 0 Å². The summed E-state index contributed by atoms with van der Waals surface area (Å²) >= 11 is 0. The van der Waals surface area contributed by atoms with Crippen molar-refractivity contribution in [2.75, 3.05) is 13.6 Å². The van der Waals surface area contributed by atoms with Crippen molar-refractivity contribution in [1.29, 1.82) is 0 Å². The normalized spacial score (nSPS) is 24.5. The Morgan fingerprint density at radius 1 is 1.31 bits per heavy atom. The van der Waals surface area contributed by atoms with Crippen LogP contribution in [-0.4, -0.2) is 47.5 Å². The summed E-state index contributed by atoms with van der Waals surface area (Å²) in [5.74, 6) is -1.52. The minimum absolute atomic E-state index is 0.0850. The molecule has 1 rings (SSSR count). The van der Waals surface area contributed by atoms with Gasteiger partial charge in [-0.15, -0.1) is 0 Å². The molecule has 0 aromatic carbocycles. The molecule has 0 aromatic heterocycles. The Bertz CT molecular complexity index is 493. The summed E-state index contributed by atoms with van der Waals surface area (Å²) in [5.41, 5.74) is 1.59. The molecule has 1 heterocycles. The molecular weight excluding hydrogens is 334 g/mol. The zero-order chi connectivity index (χ0) is 19.4. The van der Waals surface area contributed by atoms with E-state index in [1.54, 1.807) is 17.4 Å². The first kappa shape index (κ1) is 22.2. The molecule has 0 bridgehead atoms. The second-order valence-corrected chi connectivity index (χ2v) is 6.94. The van der Waals surface area contributed by atoms with Crippen LogP contribution in [0.2, 0.25) is 0 Å². The molecule has 148 valence electrons. The molecule has 7 nitrogen and oxygen atoms in total. The van der Waals surface area contributed by atoms with Gasteiger partial charge < -0.3 is 10.2 Å². The second kappa shape index (κ2) is 12.5. The molecule has 26 heavy (non-hydrogen) atoms. The number of hydroxylamine groups is 1. The maximum atomic E-state index is 12.7. The molecule has 0 saturated carbocycles. The van der Waals surface area contributed by atoms with Crippen molar-refractivity contribution in [1.82, 2.24) is 15.7 Å². The number of nitrogens with zero attached hydrogens (tertiary/aromatic N) is 1. The Hall–Kier alpha value is -1.89. The number of rotatable bonds is 5. The van der Waals surface area contributed by atoms with Crippen LogP contribution in [0.15, 0.2) is 12.2 Å². The Balaban J connectivity index is 2.92. The van der Waals surface area contributed by atoms with Gasteiger partial charge in [-0.25, -0.2) is 5.48 Å². The number of unbranched alkanes of at least 4 members (excludes halogenated alkanes) is 1. The highest BCUT2D eigenvalue weighted by atomic mass is 16.5. The summed E-state index contributed by atoms with van der Waals surface area (Å²) in [4.78, 5) is 38.6. The van der Waals surface area contributed by atoms with Crippen LogP contribution >= 0.6 is 0 Å². The van der Waals surface area contributed by atoms with Gasteiger partial charge >= 0.3 is 0 Å². The first-order valence-electron chi connectivity index (χ1n) is 9.62. The van der Waals surface area contributed by atoms with Crippen molar-refractivity contribution in [2.24, 2.45) is 5.92 Å². The number of carbonyl (C=O) groups excluding carboxylic acids is 3. The van der Waals surface area contributed by atoms with Gasteiger partial charge in [0.25, 0.3) is 0 Å². The van der Waals surface area contributed by atoms with E-state index in [-0.39, 0.29) is 18.2 Å². The number of hydrogen-bond acceptors (Lipinski definition) is 4. The van der Waals surface area contributed by atoms with Gasteiger partial charge in [0.1, 0.15) is 6.04 Å². The summed E-state index contributed by atoms with van der Waals surface area (Å²) < 4.78 is 0. The summed E-state index contributed by atoms with van der Waals surface area (Å²) in [6.45, 7) is 2.69. The molecular formula is C19H33N3O4. The van der Waals surface area contributed by atoms with Crippen LogP contribution in [0.25, 0.3) is 0 Å². The van der Waals surface area contributed by atoms with E-state index < -0.39 is 17.9 Å². The summed E-state index contributed by atoms with van der Waals surface area (Å²) in [5, 5.41) is 11.6. The molecule has 3 N–H and O–H groups in total. The molecule has 3 amide bonds. The molecule has 0 unspecified atom stereocenters. The molecule has 0 fully saturated rings. The number of likely N-dealkylation sites (N-methyl/N-ethyl adjacent to an activating group) is 1. The third-order valence-electron chi connectivity index (χ3n) is 4.72. The Kier molecular flexibility index (Phi) is 10.6. The predicted molar refractivity (Wildman–Crippen MR) is 99.4 cm³/mol. The lowest BCUT2D eigenvalue weighted by atomic mass is 9.95. The van der Waals surface area contributed by atoms with Gasteiger partial charge in [-0.05, 0) is 38.5 Å².